The molecule has 0 aliphatic rings. The Morgan fingerprint density at radius 1 is 1.53 bits per heavy atom. The van der Waals surface area contributed by atoms with Gasteiger partial charge in [0, 0.05) is 10.5 Å². The molecule has 0 aromatic heterocycles. The Morgan fingerprint density at radius 3 is 2.40 bits per heavy atom. The maximum absolute atomic E-state index is 12.4. The minimum absolute atomic E-state index is 0.532. The fourth-order valence-electron chi connectivity index (χ4n) is 0.985. The summed E-state index contributed by atoms with van der Waals surface area (Å²) in [5.74, 6) is 0. The third kappa shape index (κ3) is 2.20. The lowest BCUT2D eigenvalue weighted by Crippen LogP contribution is -2.11. The van der Waals surface area contributed by atoms with Crippen molar-refractivity contribution in [2.75, 3.05) is 5.73 Å². The first-order valence-corrected chi connectivity index (χ1v) is 4.25. The smallest absolute Gasteiger partial charge is 0.393 e. The van der Waals surface area contributed by atoms with Crippen molar-refractivity contribution in [2.24, 2.45) is 0 Å². The van der Waals surface area contributed by atoms with Gasteiger partial charge in [-0.15, -0.1) is 0 Å². The number of nitrogens with two attached hydrogens (primary N) is 1. The molecule has 1 aromatic rings. The van der Waals surface area contributed by atoms with Gasteiger partial charge in [-0.05, 0) is 22.0 Å². The molecule has 0 saturated heterocycles. The highest BCUT2D eigenvalue weighted by Crippen LogP contribution is 2.43. The Kier molecular flexibility index (Phi) is 2.89. The molecule has 4 nitrogen and oxygen atoms in total. The summed E-state index contributed by atoms with van der Waals surface area (Å²) in [7, 11) is 0. The zero-order valence-electron chi connectivity index (χ0n) is 6.93. The highest BCUT2D eigenvalue weighted by atomic mass is 79.9. The molecule has 0 unspecified atom stereocenters. The Hall–Kier alpha value is -1.31. The number of anilines is 1. The molecule has 0 heterocycles. The third-order valence-electron chi connectivity index (χ3n) is 1.55. The summed E-state index contributed by atoms with van der Waals surface area (Å²) >= 11 is 2.55. The van der Waals surface area contributed by atoms with Crippen LogP contribution in [0.5, 0.6) is 0 Å². The van der Waals surface area contributed by atoms with Crippen LogP contribution >= 0.6 is 15.9 Å². The number of hydrogen-bond donors (Lipinski definition) is 1. The van der Waals surface area contributed by atoms with Crippen LogP contribution in [-0.4, -0.2) is 4.92 Å². The summed E-state index contributed by atoms with van der Waals surface area (Å²) in [5.41, 5.74) is 1.94. The zero-order chi connectivity index (χ0) is 11.8. The van der Waals surface area contributed by atoms with Gasteiger partial charge in [-0.3, -0.25) is 10.1 Å². The first kappa shape index (κ1) is 11.8. The number of nitrogens with zero attached hydrogens (tertiary/aromatic N) is 1. The van der Waals surface area contributed by atoms with Crippen molar-refractivity contribution in [2.45, 2.75) is 6.18 Å². The molecule has 1 radical (unpaired) electrons. The molecule has 0 bridgehead atoms. The molecule has 0 saturated carbocycles. The van der Waals surface area contributed by atoms with E-state index in [9.17, 15) is 23.3 Å². The number of nitrogen functional groups attached to an aromatic ring is 1. The number of nitro benzene ring substituents is 1. The molecule has 81 valence electrons. The van der Waals surface area contributed by atoms with Gasteiger partial charge in [-0.25, -0.2) is 0 Å². The number of halogens is 4. The zero-order valence-corrected chi connectivity index (χ0v) is 8.52. The lowest BCUT2D eigenvalue weighted by Gasteiger charge is -2.10. The number of nitro groups is 1. The van der Waals surface area contributed by atoms with Crippen LogP contribution in [0, 0.1) is 16.2 Å². The van der Waals surface area contributed by atoms with E-state index in [0.717, 1.165) is 6.07 Å². The first-order valence-electron chi connectivity index (χ1n) is 3.46. The molecule has 2 N–H and O–H groups in total. The van der Waals surface area contributed by atoms with Crippen LogP contribution in [0.1, 0.15) is 5.56 Å². The van der Waals surface area contributed by atoms with Gasteiger partial charge in [0.1, 0.15) is 5.69 Å². The Morgan fingerprint density at radius 2 is 2.07 bits per heavy atom. The van der Waals surface area contributed by atoms with E-state index in [1.54, 1.807) is 0 Å². The van der Waals surface area contributed by atoms with Crippen LogP contribution in [0.15, 0.2) is 10.5 Å². The molecule has 0 fully saturated rings. The quantitative estimate of drug-likeness (QED) is 0.489. The highest BCUT2D eigenvalue weighted by molar-refractivity contribution is 9.10. The van der Waals surface area contributed by atoms with Gasteiger partial charge in [-0.1, -0.05) is 0 Å². The van der Waals surface area contributed by atoms with Gasteiger partial charge in [0.25, 0.3) is 0 Å². The fraction of sp³-hybridized carbons (Fsp3) is 0.143. The highest BCUT2D eigenvalue weighted by Gasteiger charge is 2.41. The van der Waals surface area contributed by atoms with Gasteiger partial charge in [-0.2, -0.15) is 13.2 Å². The average Bonchev–Trinajstić information content (AvgIpc) is 2.05. The summed E-state index contributed by atoms with van der Waals surface area (Å²) < 4.78 is 36.8. The summed E-state index contributed by atoms with van der Waals surface area (Å²) in [4.78, 5) is 9.26. The summed E-state index contributed by atoms with van der Waals surface area (Å²) in [6, 6.07) is 3.05. The van der Waals surface area contributed by atoms with Gasteiger partial charge >= 0.3 is 11.9 Å². The maximum Gasteiger partial charge on any atom is 0.424 e. The number of hydrogen-bond acceptors (Lipinski definition) is 3. The van der Waals surface area contributed by atoms with Crippen molar-refractivity contribution < 1.29 is 18.1 Å². The number of benzene rings is 1. The lowest BCUT2D eigenvalue weighted by atomic mass is 10.1. The number of rotatable bonds is 1. The van der Waals surface area contributed by atoms with E-state index in [4.69, 9.17) is 5.73 Å². The van der Waals surface area contributed by atoms with Gasteiger partial charge in [0.15, 0.2) is 5.56 Å². The molecule has 0 amide bonds. The number of alkyl halides is 3. The summed E-state index contributed by atoms with van der Waals surface area (Å²) in [6.45, 7) is 0. The molecule has 1 rings (SSSR count). The molecule has 15 heavy (non-hydrogen) atoms. The van der Waals surface area contributed by atoms with Crippen molar-refractivity contribution >= 4 is 27.3 Å². The van der Waals surface area contributed by atoms with Crippen LogP contribution in [0.2, 0.25) is 0 Å². The fourth-order valence-corrected chi connectivity index (χ4v) is 1.51. The van der Waals surface area contributed by atoms with Crippen molar-refractivity contribution in [3.05, 3.63) is 32.3 Å². The lowest BCUT2D eigenvalue weighted by molar-refractivity contribution is -0.387. The van der Waals surface area contributed by atoms with Gasteiger partial charge in [0.05, 0.1) is 4.92 Å². The predicted octanol–water partition coefficient (Wildman–Crippen LogP) is 2.76. The van der Waals surface area contributed by atoms with E-state index in [1.807, 2.05) is 0 Å². The van der Waals surface area contributed by atoms with E-state index >= 15 is 0 Å². The van der Waals surface area contributed by atoms with E-state index in [2.05, 4.69) is 22.0 Å². The summed E-state index contributed by atoms with van der Waals surface area (Å²) in [5, 5.41) is 10.4. The van der Waals surface area contributed by atoms with Gasteiger partial charge < -0.3 is 5.73 Å². The molecule has 0 aliphatic carbocycles. The summed E-state index contributed by atoms with van der Waals surface area (Å²) in [6.07, 6.45) is -4.85. The monoisotopic (exact) mass is 283 g/mol. The normalized spacial score (nSPS) is 11.5. The van der Waals surface area contributed by atoms with Crippen molar-refractivity contribution in [1.82, 2.24) is 0 Å². The largest absolute Gasteiger partial charge is 0.424 e. The minimum Gasteiger partial charge on any atom is -0.393 e. The standard InChI is InChI=1S/C7H3BrF3N2O2/c8-3-1-2-4(12)6(13(14)15)5(3)7(9,10)11/h2H,12H2. The minimum atomic E-state index is -4.85. The second-order valence-corrected chi connectivity index (χ2v) is 3.33. The first-order chi connectivity index (χ1) is 6.75. The molecule has 8 heteroatoms. The SMILES string of the molecule is Nc1c[c]c(Br)c(C(F)(F)F)c1[N+](=O)[O-]. The van der Waals surface area contributed by atoms with E-state index in [1.165, 1.54) is 0 Å². The van der Waals surface area contributed by atoms with E-state index < -0.39 is 32.5 Å². The molecular formula is C7H3BrF3N2O2. The van der Waals surface area contributed by atoms with Crippen molar-refractivity contribution in [1.29, 1.82) is 0 Å². The average molecular weight is 284 g/mol. The molecule has 0 aliphatic heterocycles. The second kappa shape index (κ2) is 3.69. The van der Waals surface area contributed by atoms with Crippen LogP contribution in [0.4, 0.5) is 24.5 Å². The maximum atomic E-state index is 12.4. The Balaban J connectivity index is 3.60. The Labute approximate surface area is 90.2 Å². The van der Waals surface area contributed by atoms with Crippen LogP contribution in [-0.2, 0) is 6.18 Å². The van der Waals surface area contributed by atoms with Crippen LogP contribution < -0.4 is 5.73 Å². The van der Waals surface area contributed by atoms with Crippen molar-refractivity contribution in [3.8, 4) is 0 Å². The molecule has 0 spiro atoms. The second-order valence-electron chi connectivity index (χ2n) is 2.54. The topological polar surface area (TPSA) is 69.2 Å². The predicted molar refractivity (Wildman–Crippen MR) is 49.0 cm³/mol. The third-order valence-corrected chi connectivity index (χ3v) is 2.18. The molecular weight excluding hydrogens is 281 g/mol. The van der Waals surface area contributed by atoms with Gasteiger partial charge in [0.2, 0.25) is 0 Å². The van der Waals surface area contributed by atoms with E-state index in [-0.39, 0.29) is 0 Å². The van der Waals surface area contributed by atoms with E-state index in [0.29, 0.717) is 0 Å². The molecule has 0 atom stereocenters. The van der Waals surface area contributed by atoms with Crippen LogP contribution in [0.3, 0.4) is 0 Å². The molecule has 1 aromatic carbocycles. The Bertz CT molecular complexity index is 419. The van der Waals surface area contributed by atoms with Crippen molar-refractivity contribution in [3.63, 3.8) is 0 Å². The van der Waals surface area contributed by atoms with Crippen LogP contribution in [0.25, 0.3) is 0 Å².